The molecule has 0 spiro atoms. The number of rotatable bonds is 19. The van der Waals surface area contributed by atoms with Gasteiger partial charge in [0.15, 0.2) is 18.2 Å². The van der Waals surface area contributed by atoms with E-state index in [-0.39, 0.29) is 42.8 Å². The molecule has 4 aliphatic rings. The highest BCUT2D eigenvalue weighted by Gasteiger charge is 2.58. The number of nitrogens with one attached hydrogen (secondary N) is 1. The molecule has 440 valence electrons. The van der Waals surface area contributed by atoms with Gasteiger partial charge in [0, 0.05) is 75.7 Å². The number of esters is 1. The lowest BCUT2D eigenvalue weighted by atomic mass is 9.73. The van der Waals surface area contributed by atoms with Gasteiger partial charge in [0.2, 0.25) is 5.43 Å². The Morgan fingerprint density at radius 2 is 1.55 bits per heavy atom. The number of pyridine rings is 1. The van der Waals surface area contributed by atoms with E-state index < -0.39 is 119 Å². The summed E-state index contributed by atoms with van der Waals surface area (Å²) in [4.78, 5) is 71.5. The van der Waals surface area contributed by atoms with E-state index in [0.717, 1.165) is 25.1 Å². The first-order chi connectivity index (χ1) is 36.7. The zero-order valence-electron chi connectivity index (χ0n) is 49.2. The summed E-state index contributed by atoms with van der Waals surface area (Å²) in [5, 5.41) is 24.8. The lowest BCUT2D eigenvalue weighted by molar-refractivity contribution is -0.322. The summed E-state index contributed by atoms with van der Waals surface area (Å²) in [6.45, 7) is 22.8. The van der Waals surface area contributed by atoms with Crippen molar-refractivity contribution in [3.63, 3.8) is 0 Å². The van der Waals surface area contributed by atoms with Gasteiger partial charge in [-0.15, -0.1) is 0 Å². The van der Waals surface area contributed by atoms with Crippen molar-refractivity contribution in [3.8, 4) is 0 Å². The molecule has 20 nitrogen and oxygen atoms in total. The molecule has 4 aliphatic heterocycles. The Balaban J connectivity index is 1.20. The van der Waals surface area contributed by atoms with E-state index in [1.807, 2.05) is 99.6 Å². The molecule has 4 fully saturated rings. The number of carbonyl (C=O) groups is 4. The molecule has 18 atom stereocenters. The van der Waals surface area contributed by atoms with Crippen molar-refractivity contribution < 1.29 is 72.0 Å². The van der Waals surface area contributed by atoms with Crippen molar-refractivity contribution in [2.45, 2.75) is 212 Å². The smallest absolute Gasteiger partial charge is 0.408 e. The summed E-state index contributed by atoms with van der Waals surface area (Å²) >= 11 is 0. The van der Waals surface area contributed by atoms with Gasteiger partial charge in [0.1, 0.15) is 29.7 Å². The predicted molar refractivity (Wildman–Crippen MR) is 291 cm³/mol. The highest BCUT2D eigenvalue weighted by Crippen LogP contribution is 2.43. The second kappa shape index (κ2) is 26.2. The molecule has 0 aliphatic carbocycles. The Morgan fingerprint density at radius 3 is 2.18 bits per heavy atom. The second-order valence-electron chi connectivity index (χ2n) is 23.6. The van der Waals surface area contributed by atoms with Gasteiger partial charge in [0.25, 0.3) is 0 Å². The average molecular weight is 1100 g/mol. The molecular formula is C58H92N4O16. The number of amides is 1. The van der Waals surface area contributed by atoms with Gasteiger partial charge in [-0.2, -0.15) is 0 Å². The number of carboxylic acids is 1. The van der Waals surface area contributed by atoms with Crippen LogP contribution in [0, 0.1) is 23.7 Å². The first-order valence-electron chi connectivity index (χ1n) is 28.2. The summed E-state index contributed by atoms with van der Waals surface area (Å²) in [6, 6.07) is 4.57. The van der Waals surface area contributed by atoms with Crippen LogP contribution in [0.5, 0.6) is 0 Å². The van der Waals surface area contributed by atoms with E-state index in [4.69, 9.17) is 42.6 Å². The summed E-state index contributed by atoms with van der Waals surface area (Å²) in [7, 11) is 9.01. The number of Topliss-reactive ketones (excluding diaryl/α,β-unsaturated/α-hetero) is 1. The molecule has 0 unspecified atom stereocenters. The first-order valence-corrected chi connectivity index (χ1v) is 28.2. The number of benzene rings is 1. The highest BCUT2D eigenvalue weighted by atomic mass is 16.7. The first kappa shape index (κ1) is 63.1. The van der Waals surface area contributed by atoms with Gasteiger partial charge in [-0.05, 0) is 132 Å². The fraction of sp³-hybridized carbons (Fsp3) is 0.776. The number of aliphatic hydroxyl groups excluding tert-OH is 1. The number of aliphatic hydroxyl groups is 1. The Kier molecular flexibility index (Phi) is 21.2. The molecular weight excluding hydrogens is 1010 g/mol. The van der Waals surface area contributed by atoms with Crippen molar-refractivity contribution in [2.75, 3.05) is 55.1 Å². The van der Waals surface area contributed by atoms with Gasteiger partial charge < -0.3 is 72.5 Å². The third-order valence-corrected chi connectivity index (χ3v) is 17.5. The van der Waals surface area contributed by atoms with Gasteiger partial charge in [-0.1, -0.05) is 33.8 Å². The number of hydrogen-bond acceptors (Lipinski definition) is 17. The Bertz CT molecular complexity index is 2460. The monoisotopic (exact) mass is 1100 g/mol. The maximum absolute atomic E-state index is 14.8. The number of aromatic carboxylic acids is 1. The molecule has 0 bridgehead atoms. The fourth-order valence-corrected chi connectivity index (χ4v) is 12.9. The van der Waals surface area contributed by atoms with Crippen LogP contribution >= 0.6 is 0 Å². The van der Waals surface area contributed by atoms with Crippen LogP contribution in [0.25, 0.3) is 10.9 Å². The number of ether oxygens (including phenoxy) is 9. The molecule has 1 aromatic heterocycles. The molecule has 1 amide bonds. The van der Waals surface area contributed by atoms with Crippen LogP contribution in [0.2, 0.25) is 0 Å². The number of carbonyl (C=O) groups excluding carboxylic acids is 3. The SMILES string of the molecule is CC[C@@H]1OC(=O)[C@H](C)[C@H](O[C@@H]2C[C@](C)(OC)[C@H](OCCCN(C)CCCc3ccc4c(c3)c(=O)c(C(=O)O)cn4CC)[C@H](C)O2)[C@@H](C)[C@H](O[C@H]2O[C@@H](C)C[C@@H](N(C)C)[C@H]2O)[C@](C)(OC)C[C@H](C)C(=O)[C@H](C)[C@H]2NC(=O)O[C@@]12C. The molecule has 3 N–H and O–H groups in total. The molecule has 0 radical (unpaired) electrons. The number of aromatic nitrogens is 1. The minimum atomic E-state index is -1.39. The fourth-order valence-electron chi connectivity index (χ4n) is 12.9. The molecule has 2 aromatic rings. The van der Waals surface area contributed by atoms with Gasteiger partial charge >= 0.3 is 18.0 Å². The van der Waals surface area contributed by atoms with Crippen LogP contribution in [-0.4, -0.2) is 188 Å². The standard InChI is InChI=1S/C58H92N4O16/c1-17-43-58(11)49(59-55(69)78-58)34(5)45(63)32(3)29-56(9,70-15)50(77-54-47(65)42(60(12)13)27-33(4)73-54)35(6)48(36(7)53(68)75-43)76-44-30-57(10,71-16)51(37(8)74-44)72-26-20-25-61(14)24-19-21-38-22-23-41-39(28-38)46(64)40(52(66)67)31-62(41)18-2/h22-23,28,31-37,42-44,47-51,54,65H,17-21,24-27,29-30H2,1-16H3,(H,59,69)(H,66,67)/t32-,33-,34-,35+,36+,37-,42+,43-,44+,47+,48+,49+,50-,51+,54+,56+,57-,58-/m0/s1. The number of hydrogen-bond donors (Lipinski definition) is 3. The number of methoxy groups -OCH3 is 2. The van der Waals surface area contributed by atoms with Crippen molar-refractivity contribution in [3.05, 3.63) is 45.7 Å². The summed E-state index contributed by atoms with van der Waals surface area (Å²) in [6.07, 6.45) is -3.21. The Hall–Kier alpha value is -4.09. The lowest BCUT2D eigenvalue weighted by Gasteiger charge is -2.50. The van der Waals surface area contributed by atoms with Crippen LogP contribution in [0.3, 0.4) is 0 Å². The van der Waals surface area contributed by atoms with E-state index in [0.29, 0.717) is 43.3 Å². The number of ketones is 1. The Morgan fingerprint density at radius 1 is 0.885 bits per heavy atom. The molecule has 78 heavy (non-hydrogen) atoms. The number of carboxylic acid groups (broad SMARTS) is 1. The van der Waals surface area contributed by atoms with Crippen LogP contribution in [0.15, 0.2) is 29.2 Å². The number of alkyl carbamates (subject to hydrolysis) is 1. The van der Waals surface area contributed by atoms with E-state index in [1.54, 1.807) is 39.6 Å². The van der Waals surface area contributed by atoms with Crippen LogP contribution in [-0.2, 0) is 65.2 Å². The molecule has 20 heteroatoms. The molecule has 0 saturated carbocycles. The maximum atomic E-state index is 14.8. The zero-order chi connectivity index (χ0) is 57.8. The molecule has 4 saturated heterocycles. The number of fused-ring (bicyclic) bond motifs is 2. The molecule has 5 heterocycles. The average Bonchev–Trinajstić information content (AvgIpc) is 3.79. The quantitative estimate of drug-likeness (QED) is 0.105. The summed E-state index contributed by atoms with van der Waals surface area (Å²) < 4.78 is 60.6. The number of nitrogens with zero attached hydrogens (tertiary/aromatic N) is 3. The van der Waals surface area contributed by atoms with Crippen molar-refractivity contribution >= 4 is 34.7 Å². The minimum absolute atomic E-state index is 0.151. The second-order valence-corrected chi connectivity index (χ2v) is 23.6. The van der Waals surface area contributed by atoms with E-state index >= 15 is 0 Å². The van der Waals surface area contributed by atoms with Gasteiger partial charge in [0.05, 0.1) is 53.1 Å². The lowest BCUT2D eigenvalue weighted by Crippen LogP contribution is -2.61. The zero-order valence-corrected chi connectivity index (χ0v) is 49.2. The Labute approximate surface area is 461 Å². The number of likely N-dealkylation sites (N-methyl/N-ethyl adjacent to an activating group) is 1. The predicted octanol–water partition coefficient (Wildman–Crippen LogP) is 6.21. The maximum Gasteiger partial charge on any atom is 0.408 e. The topological polar surface area (TPSA) is 232 Å². The van der Waals surface area contributed by atoms with Crippen LogP contribution in [0.4, 0.5) is 4.79 Å². The van der Waals surface area contributed by atoms with Gasteiger partial charge in [-0.3, -0.25) is 14.4 Å². The van der Waals surface area contributed by atoms with E-state index in [9.17, 15) is 34.2 Å². The number of aryl methyl sites for hydroxylation is 2. The molecule has 6 rings (SSSR count). The van der Waals surface area contributed by atoms with Crippen LogP contribution in [0.1, 0.15) is 131 Å². The van der Waals surface area contributed by atoms with Crippen molar-refractivity contribution in [1.82, 2.24) is 19.7 Å². The molecule has 1 aromatic carbocycles. The van der Waals surface area contributed by atoms with Crippen molar-refractivity contribution in [1.29, 1.82) is 0 Å². The van der Waals surface area contributed by atoms with E-state index in [2.05, 4.69) is 10.2 Å². The number of cyclic esters (lactones) is 1. The third kappa shape index (κ3) is 13.6. The highest BCUT2D eigenvalue weighted by molar-refractivity contribution is 5.92. The van der Waals surface area contributed by atoms with Gasteiger partial charge in [-0.25, -0.2) is 9.59 Å². The van der Waals surface area contributed by atoms with Crippen LogP contribution < -0.4 is 10.7 Å². The minimum Gasteiger partial charge on any atom is -0.477 e. The largest absolute Gasteiger partial charge is 0.477 e. The summed E-state index contributed by atoms with van der Waals surface area (Å²) in [5.74, 6) is -5.12. The normalized spacial score (nSPS) is 37.2. The summed E-state index contributed by atoms with van der Waals surface area (Å²) in [5.41, 5.74) is -2.59. The van der Waals surface area contributed by atoms with E-state index in [1.165, 1.54) is 6.20 Å². The van der Waals surface area contributed by atoms with Crippen molar-refractivity contribution in [2.24, 2.45) is 23.7 Å². The third-order valence-electron chi connectivity index (χ3n) is 17.5.